The number of nitrogens with one attached hydrogen (secondary N) is 1. The molecule has 92 valence electrons. The Labute approximate surface area is 103 Å². The molecule has 0 aliphatic heterocycles. The Morgan fingerprint density at radius 1 is 1.35 bits per heavy atom. The van der Waals surface area contributed by atoms with Crippen molar-refractivity contribution < 1.29 is 4.74 Å². The summed E-state index contributed by atoms with van der Waals surface area (Å²) in [5.41, 5.74) is 1.33. The molecule has 0 aromatic heterocycles. The lowest BCUT2D eigenvalue weighted by Gasteiger charge is -2.14. The summed E-state index contributed by atoms with van der Waals surface area (Å²) in [6.45, 7) is 3.74. The summed E-state index contributed by atoms with van der Waals surface area (Å²) in [6.07, 6.45) is 4.29. The minimum atomic E-state index is 0.739. The van der Waals surface area contributed by atoms with E-state index in [1.54, 1.807) is 0 Å². The van der Waals surface area contributed by atoms with Gasteiger partial charge in [-0.3, -0.25) is 0 Å². The highest BCUT2D eigenvalue weighted by atomic mass is 16.5. The highest BCUT2D eigenvalue weighted by Gasteiger charge is 2.47. The van der Waals surface area contributed by atoms with Crippen LogP contribution in [0.4, 0.5) is 0 Å². The molecule has 3 atom stereocenters. The molecule has 0 bridgehead atoms. The van der Waals surface area contributed by atoms with Crippen LogP contribution in [0.5, 0.6) is 5.75 Å². The van der Waals surface area contributed by atoms with E-state index in [2.05, 4.69) is 23.5 Å². The first-order chi connectivity index (χ1) is 8.36. The van der Waals surface area contributed by atoms with Crippen LogP contribution in [0.15, 0.2) is 24.3 Å². The molecule has 0 radical (unpaired) electrons. The van der Waals surface area contributed by atoms with E-state index in [0.29, 0.717) is 0 Å². The van der Waals surface area contributed by atoms with Gasteiger partial charge in [-0.05, 0) is 55.7 Å². The van der Waals surface area contributed by atoms with Crippen LogP contribution in [0, 0.1) is 11.8 Å². The number of benzene rings is 1. The lowest BCUT2D eigenvalue weighted by atomic mass is 10.1. The van der Waals surface area contributed by atoms with E-state index in [0.717, 1.165) is 36.8 Å². The summed E-state index contributed by atoms with van der Waals surface area (Å²) in [5.74, 6) is 3.04. The molecule has 0 amide bonds. The van der Waals surface area contributed by atoms with Gasteiger partial charge in [-0.1, -0.05) is 12.1 Å². The molecule has 3 rings (SSSR count). The molecule has 3 unspecified atom stereocenters. The SMILES string of the molecule is CCOc1cccc(CNC2CCC3CC32)c1. The second-order valence-electron chi connectivity index (χ2n) is 5.30. The normalized spacial score (nSPS) is 30.1. The van der Waals surface area contributed by atoms with Crippen LogP contribution in [0.2, 0.25) is 0 Å². The Balaban J connectivity index is 1.55. The Morgan fingerprint density at radius 3 is 3.00 bits per heavy atom. The van der Waals surface area contributed by atoms with Crippen molar-refractivity contribution in [2.24, 2.45) is 11.8 Å². The largest absolute Gasteiger partial charge is 0.494 e. The third kappa shape index (κ3) is 2.47. The molecule has 2 fully saturated rings. The fraction of sp³-hybridized carbons (Fsp3) is 0.600. The minimum Gasteiger partial charge on any atom is -0.494 e. The van der Waals surface area contributed by atoms with E-state index in [1.807, 2.05) is 13.0 Å². The Morgan fingerprint density at radius 2 is 2.29 bits per heavy atom. The lowest BCUT2D eigenvalue weighted by molar-refractivity contribution is 0.339. The number of fused-ring (bicyclic) bond motifs is 1. The molecule has 0 saturated heterocycles. The zero-order valence-electron chi connectivity index (χ0n) is 10.5. The zero-order valence-corrected chi connectivity index (χ0v) is 10.5. The van der Waals surface area contributed by atoms with Gasteiger partial charge in [0, 0.05) is 12.6 Å². The third-order valence-corrected chi connectivity index (χ3v) is 4.12. The maximum absolute atomic E-state index is 5.52. The molecule has 1 N–H and O–H groups in total. The molecule has 2 saturated carbocycles. The van der Waals surface area contributed by atoms with Gasteiger partial charge in [-0.25, -0.2) is 0 Å². The molecule has 1 aromatic carbocycles. The van der Waals surface area contributed by atoms with Crippen LogP contribution >= 0.6 is 0 Å². The van der Waals surface area contributed by atoms with Crippen LogP contribution in [0.1, 0.15) is 31.7 Å². The fourth-order valence-corrected chi connectivity index (χ4v) is 3.12. The van der Waals surface area contributed by atoms with Gasteiger partial charge in [0.25, 0.3) is 0 Å². The van der Waals surface area contributed by atoms with Crippen molar-refractivity contribution >= 4 is 0 Å². The number of ether oxygens (including phenoxy) is 1. The lowest BCUT2D eigenvalue weighted by Crippen LogP contribution is -2.28. The highest BCUT2D eigenvalue weighted by Crippen LogP contribution is 2.51. The van der Waals surface area contributed by atoms with E-state index >= 15 is 0 Å². The van der Waals surface area contributed by atoms with Gasteiger partial charge < -0.3 is 10.1 Å². The van der Waals surface area contributed by atoms with E-state index in [9.17, 15) is 0 Å². The monoisotopic (exact) mass is 231 g/mol. The standard InChI is InChI=1S/C15H21NO/c1-2-17-13-5-3-4-11(8-13)10-16-15-7-6-12-9-14(12)15/h3-5,8,12,14-16H,2,6-7,9-10H2,1H3. The van der Waals surface area contributed by atoms with E-state index in [1.165, 1.54) is 24.8 Å². The van der Waals surface area contributed by atoms with Gasteiger partial charge in [0.1, 0.15) is 5.75 Å². The van der Waals surface area contributed by atoms with E-state index in [4.69, 9.17) is 4.74 Å². The minimum absolute atomic E-state index is 0.739. The molecule has 17 heavy (non-hydrogen) atoms. The predicted octanol–water partition coefficient (Wildman–Crippen LogP) is 2.97. The van der Waals surface area contributed by atoms with Crippen molar-refractivity contribution in [3.8, 4) is 5.75 Å². The van der Waals surface area contributed by atoms with Crippen LogP contribution in [-0.4, -0.2) is 12.6 Å². The smallest absolute Gasteiger partial charge is 0.119 e. The molecule has 2 aliphatic rings. The van der Waals surface area contributed by atoms with Crippen LogP contribution in [0.25, 0.3) is 0 Å². The van der Waals surface area contributed by atoms with Crippen LogP contribution in [0.3, 0.4) is 0 Å². The van der Waals surface area contributed by atoms with E-state index < -0.39 is 0 Å². The molecular weight excluding hydrogens is 210 g/mol. The van der Waals surface area contributed by atoms with Crippen molar-refractivity contribution in [3.05, 3.63) is 29.8 Å². The molecule has 2 nitrogen and oxygen atoms in total. The van der Waals surface area contributed by atoms with Crippen molar-refractivity contribution in [3.63, 3.8) is 0 Å². The number of hydrogen-bond acceptors (Lipinski definition) is 2. The summed E-state index contributed by atoms with van der Waals surface area (Å²) >= 11 is 0. The predicted molar refractivity (Wildman–Crippen MR) is 69.1 cm³/mol. The molecule has 1 aromatic rings. The average Bonchev–Trinajstić information content (AvgIpc) is 3.02. The van der Waals surface area contributed by atoms with Gasteiger partial charge >= 0.3 is 0 Å². The Hall–Kier alpha value is -1.02. The molecular formula is C15H21NO. The maximum Gasteiger partial charge on any atom is 0.119 e. The zero-order chi connectivity index (χ0) is 11.7. The number of hydrogen-bond donors (Lipinski definition) is 1. The van der Waals surface area contributed by atoms with Gasteiger partial charge in [-0.2, -0.15) is 0 Å². The molecule has 2 aliphatic carbocycles. The maximum atomic E-state index is 5.52. The topological polar surface area (TPSA) is 21.3 Å². The van der Waals surface area contributed by atoms with Gasteiger partial charge in [-0.15, -0.1) is 0 Å². The molecule has 0 heterocycles. The van der Waals surface area contributed by atoms with Crippen molar-refractivity contribution in [1.29, 1.82) is 0 Å². The fourth-order valence-electron chi connectivity index (χ4n) is 3.12. The first-order valence-corrected chi connectivity index (χ1v) is 6.82. The van der Waals surface area contributed by atoms with E-state index in [-0.39, 0.29) is 0 Å². The summed E-state index contributed by atoms with van der Waals surface area (Å²) in [7, 11) is 0. The first kappa shape index (κ1) is 11.1. The summed E-state index contributed by atoms with van der Waals surface area (Å²) in [6, 6.07) is 9.21. The highest BCUT2D eigenvalue weighted by molar-refractivity contribution is 5.28. The molecule has 2 heteroatoms. The third-order valence-electron chi connectivity index (χ3n) is 4.12. The summed E-state index contributed by atoms with van der Waals surface area (Å²) in [4.78, 5) is 0. The number of rotatable bonds is 5. The second kappa shape index (κ2) is 4.69. The quantitative estimate of drug-likeness (QED) is 0.841. The molecule has 0 spiro atoms. The second-order valence-corrected chi connectivity index (χ2v) is 5.30. The summed E-state index contributed by atoms with van der Waals surface area (Å²) < 4.78 is 5.52. The summed E-state index contributed by atoms with van der Waals surface area (Å²) in [5, 5.41) is 3.70. The van der Waals surface area contributed by atoms with Crippen LogP contribution < -0.4 is 10.1 Å². The van der Waals surface area contributed by atoms with Gasteiger partial charge in [0.2, 0.25) is 0 Å². The van der Waals surface area contributed by atoms with Crippen LogP contribution in [-0.2, 0) is 6.54 Å². The van der Waals surface area contributed by atoms with Crippen molar-refractivity contribution in [1.82, 2.24) is 5.32 Å². The first-order valence-electron chi connectivity index (χ1n) is 6.82. The Bertz CT molecular complexity index is 390. The van der Waals surface area contributed by atoms with Crippen molar-refractivity contribution in [2.75, 3.05) is 6.61 Å². The Kier molecular flexibility index (Phi) is 3.06. The average molecular weight is 231 g/mol. The van der Waals surface area contributed by atoms with Gasteiger partial charge in [0.15, 0.2) is 0 Å². The van der Waals surface area contributed by atoms with Gasteiger partial charge in [0.05, 0.1) is 6.61 Å². The van der Waals surface area contributed by atoms with Crippen molar-refractivity contribution in [2.45, 2.75) is 38.8 Å².